The summed E-state index contributed by atoms with van der Waals surface area (Å²) in [5, 5.41) is 9.46. The van der Waals surface area contributed by atoms with Gasteiger partial charge in [-0.2, -0.15) is 0 Å². The molecule has 0 spiro atoms. The van der Waals surface area contributed by atoms with Crippen LogP contribution < -0.4 is 0 Å². The lowest BCUT2D eigenvalue weighted by Crippen LogP contribution is -2.59. The molecule has 2 rings (SSSR count). The molecule has 2 aliphatic heterocycles. The highest BCUT2D eigenvalue weighted by Crippen LogP contribution is 2.23. The number of piperidine rings is 1. The lowest BCUT2D eigenvalue weighted by Gasteiger charge is -2.47. The Balaban J connectivity index is 1.92. The molecule has 1 N–H and O–H groups in total. The van der Waals surface area contributed by atoms with Crippen molar-refractivity contribution in [3.63, 3.8) is 0 Å². The SMILES string of the molecule is CC1CN2CCCCC2CN1C[C@@H](C)O. The molecule has 0 aromatic heterocycles. The van der Waals surface area contributed by atoms with Gasteiger partial charge in [0.05, 0.1) is 6.10 Å². The summed E-state index contributed by atoms with van der Waals surface area (Å²) in [7, 11) is 0. The molecule has 0 amide bonds. The minimum Gasteiger partial charge on any atom is -0.392 e. The number of β-amino-alcohol motifs (C(OH)–C–C–N with tert-alkyl or cyclic N) is 1. The Kier molecular flexibility index (Phi) is 3.65. The van der Waals surface area contributed by atoms with Crippen LogP contribution >= 0.6 is 0 Å². The summed E-state index contributed by atoms with van der Waals surface area (Å²) in [4.78, 5) is 5.10. The van der Waals surface area contributed by atoms with Crippen LogP contribution in [0.3, 0.4) is 0 Å². The second-order valence-electron chi connectivity index (χ2n) is 5.30. The summed E-state index contributed by atoms with van der Waals surface area (Å²) in [6.45, 7) is 8.65. The van der Waals surface area contributed by atoms with Gasteiger partial charge in [0.25, 0.3) is 0 Å². The molecule has 15 heavy (non-hydrogen) atoms. The van der Waals surface area contributed by atoms with Gasteiger partial charge in [-0.05, 0) is 33.2 Å². The van der Waals surface area contributed by atoms with E-state index < -0.39 is 0 Å². The van der Waals surface area contributed by atoms with Gasteiger partial charge >= 0.3 is 0 Å². The zero-order chi connectivity index (χ0) is 10.8. The standard InChI is InChI=1S/C12H24N2O/c1-10-7-13-6-4-3-5-12(13)9-14(10)8-11(2)15/h10-12,15H,3-9H2,1-2H3/t10?,11-,12?/m1/s1. The minimum atomic E-state index is -0.192. The van der Waals surface area contributed by atoms with Crippen molar-refractivity contribution >= 4 is 0 Å². The molecule has 3 nitrogen and oxygen atoms in total. The molecule has 0 aliphatic carbocycles. The van der Waals surface area contributed by atoms with Crippen LogP contribution in [-0.2, 0) is 0 Å². The molecular formula is C12H24N2O. The first-order valence-corrected chi connectivity index (χ1v) is 6.33. The van der Waals surface area contributed by atoms with Crippen LogP contribution in [0, 0.1) is 0 Å². The zero-order valence-electron chi connectivity index (χ0n) is 10.0. The van der Waals surface area contributed by atoms with Gasteiger partial charge < -0.3 is 5.11 Å². The molecule has 2 fully saturated rings. The van der Waals surface area contributed by atoms with E-state index in [4.69, 9.17) is 0 Å². The predicted molar refractivity (Wildman–Crippen MR) is 61.9 cm³/mol. The quantitative estimate of drug-likeness (QED) is 0.737. The molecule has 3 heteroatoms. The largest absolute Gasteiger partial charge is 0.392 e. The van der Waals surface area contributed by atoms with E-state index >= 15 is 0 Å². The Morgan fingerprint density at radius 1 is 1.33 bits per heavy atom. The average molecular weight is 212 g/mol. The van der Waals surface area contributed by atoms with E-state index in [1.807, 2.05) is 6.92 Å². The summed E-state index contributed by atoms with van der Waals surface area (Å²) in [5.41, 5.74) is 0. The van der Waals surface area contributed by atoms with E-state index in [0.717, 1.165) is 19.1 Å². The number of hydrogen-bond donors (Lipinski definition) is 1. The zero-order valence-corrected chi connectivity index (χ0v) is 10.0. The Labute approximate surface area is 93.1 Å². The van der Waals surface area contributed by atoms with Gasteiger partial charge in [0, 0.05) is 31.7 Å². The smallest absolute Gasteiger partial charge is 0.0639 e. The molecule has 0 aromatic carbocycles. The molecule has 88 valence electrons. The number of aliphatic hydroxyl groups is 1. The second-order valence-corrected chi connectivity index (χ2v) is 5.30. The van der Waals surface area contributed by atoms with Crippen LogP contribution in [0.5, 0.6) is 0 Å². The van der Waals surface area contributed by atoms with Crippen molar-refractivity contribution in [1.82, 2.24) is 9.80 Å². The maximum Gasteiger partial charge on any atom is 0.0639 e. The van der Waals surface area contributed by atoms with E-state index in [-0.39, 0.29) is 6.10 Å². The summed E-state index contributed by atoms with van der Waals surface area (Å²) < 4.78 is 0. The van der Waals surface area contributed by atoms with Crippen molar-refractivity contribution in [3.8, 4) is 0 Å². The minimum absolute atomic E-state index is 0.192. The number of hydrogen-bond acceptors (Lipinski definition) is 3. The lowest BCUT2D eigenvalue weighted by molar-refractivity contribution is -0.00403. The number of nitrogens with zero attached hydrogens (tertiary/aromatic N) is 2. The van der Waals surface area contributed by atoms with Crippen molar-refractivity contribution in [2.45, 2.75) is 51.3 Å². The average Bonchev–Trinajstić information content (AvgIpc) is 2.18. The molecule has 2 saturated heterocycles. The highest BCUT2D eigenvalue weighted by Gasteiger charge is 2.32. The third-order valence-corrected chi connectivity index (χ3v) is 3.82. The normalized spacial score (nSPS) is 36.2. The first-order valence-electron chi connectivity index (χ1n) is 6.33. The topological polar surface area (TPSA) is 26.7 Å². The van der Waals surface area contributed by atoms with E-state index in [2.05, 4.69) is 16.7 Å². The summed E-state index contributed by atoms with van der Waals surface area (Å²) in [5.74, 6) is 0. The van der Waals surface area contributed by atoms with Gasteiger partial charge in [-0.1, -0.05) is 6.42 Å². The molecular weight excluding hydrogens is 188 g/mol. The fourth-order valence-electron chi connectivity index (χ4n) is 3.01. The van der Waals surface area contributed by atoms with Crippen LogP contribution in [0.15, 0.2) is 0 Å². The fourth-order valence-corrected chi connectivity index (χ4v) is 3.01. The van der Waals surface area contributed by atoms with Crippen molar-refractivity contribution in [2.24, 2.45) is 0 Å². The first-order chi connectivity index (χ1) is 7.16. The first kappa shape index (κ1) is 11.4. The third-order valence-electron chi connectivity index (χ3n) is 3.82. The molecule has 2 unspecified atom stereocenters. The van der Waals surface area contributed by atoms with E-state index in [1.165, 1.54) is 32.4 Å². The molecule has 0 radical (unpaired) electrons. The fraction of sp³-hybridized carbons (Fsp3) is 1.00. The summed E-state index contributed by atoms with van der Waals surface area (Å²) in [6, 6.07) is 1.36. The molecule has 3 atom stereocenters. The maximum atomic E-state index is 9.46. The van der Waals surface area contributed by atoms with Gasteiger partial charge in [-0.25, -0.2) is 0 Å². The highest BCUT2D eigenvalue weighted by molar-refractivity contribution is 4.89. The van der Waals surface area contributed by atoms with E-state index in [1.54, 1.807) is 0 Å². The van der Waals surface area contributed by atoms with Crippen LogP contribution in [0.25, 0.3) is 0 Å². The Morgan fingerprint density at radius 2 is 2.13 bits per heavy atom. The number of rotatable bonds is 2. The van der Waals surface area contributed by atoms with Crippen LogP contribution in [-0.4, -0.2) is 59.3 Å². The van der Waals surface area contributed by atoms with Crippen molar-refractivity contribution < 1.29 is 5.11 Å². The number of piperazine rings is 1. The number of fused-ring (bicyclic) bond motifs is 1. The van der Waals surface area contributed by atoms with Crippen LogP contribution in [0.1, 0.15) is 33.1 Å². The van der Waals surface area contributed by atoms with E-state index in [0.29, 0.717) is 6.04 Å². The predicted octanol–water partition coefficient (Wildman–Crippen LogP) is 0.926. The van der Waals surface area contributed by atoms with Gasteiger partial charge in [0.15, 0.2) is 0 Å². The van der Waals surface area contributed by atoms with Gasteiger partial charge in [0.1, 0.15) is 0 Å². The molecule has 0 saturated carbocycles. The Morgan fingerprint density at radius 3 is 2.87 bits per heavy atom. The molecule has 2 aliphatic rings. The molecule has 0 aromatic rings. The Bertz CT molecular complexity index is 208. The Hall–Kier alpha value is -0.120. The maximum absolute atomic E-state index is 9.46. The van der Waals surface area contributed by atoms with Crippen molar-refractivity contribution in [1.29, 1.82) is 0 Å². The van der Waals surface area contributed by atoms with Crippen LogP contribution in [0.2, 0.25) is 0 Å². The van der Waals surface area contributed by atoms with Gasteiger partial charge in [0.2, 0.25) is 0 Å². The summed E-state index contributed by atoms with van der Waals surface area (Å²) in [6.07, 6.45) is 3.92. The van der Waals surface area contributed by atoms with Gasteiger partial charge in [-0.15, -0.1) is 0 Å². The molecule has 2 heterocycles. The number of aliphatic hydroxyl groups excluding tert-OH is 1. The second kappa shape index (κ2) is 4.81. The van der Waals surface area contributed by atoms with Gasteiger partial charge in [-0.3, -0.25) is 9.80 Å². The highest BCUT2D eigenvalue weighted by atomic mass is 16.3. The van der Waals surface area contributed by atoms with Crippen molar-refractivity contribution in [3.05, 3.63) is 0 Å². The van der Waals surface area contributed by atoms with Crippen molar-refractivity contribution in [2.75, 3.05) is 26.2 Å². The third kappa shape index (κ3) is 2.71. The van der Waals surface area contributed by atoms with E-state index in [9.17, 15) is 5.11 Å². The molecule has 0 bridgehead atoms. The van der Waals surface area contributed by atoms with Crippen LogP contribution in [0.4, 0.5) is 0 Å². The summed E-state index contributed by atoms with van der Waals surface area (Å²) >= 11 is 0. The lowest BCUT2D eigenvalue weighted by atomic mass is 9.97. The monoisotopic (exact) mass is 212 g/mol.